The zero-order valence-corrected chi connectivity index (χ0v) is 13.1. The van der Waals surface area contributed by atoms with E-state index in [4.69, 9.17) is 0 Å². The Balaban J connectivity index is 1.87. The van der Waals surface area contributed by atoms with Crippen LogP contribution in [0.15, 0.2) is 35.2 Å². The van der Waals surface area contributed by atoms with Crippen LogP contribution in [0.2, 0.25) is 0 Å². The van der Waals surface area contributed by atoms with Crippen molar-refractivity contribution in [2.45, 2.75) is 49.2 Å². The van der Waals surface area contributed by atoms with Crippen molar-refractivity contribution < 1.29 is 10.2 Å². The first-order chi connectivity index (χ1) is 10.1. The summed E-state index contributed by atoms with van der Waals surface area (Å²) in [5.41, 5.74) is 1.94. The van der Waals surface area contributed by atoms with Gasteiger partial charge in [-0.1, -0.05) is 37.0 Å². The third-order valence-electron chi connectivity index (χ3n) is 4.06. The molecule has 1 heterocycles. The lowest BCUT2D eigenvalue weighted by atomic mass is 10.0. The molecule has 0 atom stereocenters. The third kappa shape index (κ3) is 3.05. The highest BCUT2D eigenvalue weighted by Gasteiger charge is 2.21. The monoisotopic (exact) mass is 303 g/mol. The quantitative estimate of drug-likeness (QED) is 0.869. The van der Waals surface area contributed by atoms with E-state index in [-0.39, 0.29) is 11.8 Å². The molecule has 0 unspecified atom stereocenters. The van der Waals surface area contributed by atoms with Gasteiger partial charge in [0.1, 0.15) is 0 Å². The Labute approximate surface area is 129 Å². The van der Waals surface area contributed by atoms with Crippen LogP contribution in [0.25, 0.3) is 5.69 Å². The van der Waals surface area contributed by atoms with Crippen LogP contribution < -0.4 is 0 Å². The molecule has 112 valence electrons. The van der Waals surface area contributed by atoms with E-state index in [0.29, 0.717) is 5.25 Å². The molecule has 1 aromatic carbocycles. The van der Waals surface area contributed by atoms with Gasteiger partial charge >= 0.3 is 0 Å². The summed E-state index contributed by atoms with van der Waals surface area (Å²) < 4.78 is 1.50. The number of aromatic hydroxyl groups is 2. The van der Waals surface area contributed by atoms with Gasteiger partial charge in [-0.15, -0.1) is 11.8 Å². The Bertz CT molecular complexity index is 612. The molecule has 1 aliphatic rings. The van der Waals surface area contributed by atoms with Crippen molar-refractivity contribution in [2.75, 3.05) is 0 Å². The van der Waals surface area contributed by atoms with Crippen molar-refractivity contribution in [3.8, 4) is 17.4 Å². The summed E-state index contributed by atoms with van der Waals surface area (Å²) >= 11 is 1.69. The molecule has 1 aliphatic carbocycles. The number of hydrogen-bond acceptors (Lipinski definition) is 3. The summed E-state index contributed by atoms with van der Waals surface area (Å²) in [4.78, 5) is 0.778. The van der Waals surface area contributed by atoms with Gasteiger partial charge < -0.3 is 10.2 Å². The molecule has 0 saturated heterocycles. The van der Waals surface area contributed by atoms with Gasteiger partial charge in [0.05, 0.1) is 10.6 Å². The lowest BCUT2D eigenvalue weighted by Crippen LogP contribution is -2.07. The van der Waals surface area contributed by atoms with Crippen LogP contribution in [0, 0.1) is 6.92 Å². The van der Waals surface area contributed by atoms with Crippen LogP contribution in [0.4, 0.5) is 0 Å². The fourth-order valence-corrected chi connectivity index (χ4v) is 4.16. The Morgan fingerprint density at radius 2 is 1.71 bits per heavy atom. The maximum absolute atomic E-state index is 10.4. The van der Waals surface area contributed by atoms with Gasteiger partial charge in [0, 0.05) is 11.3 Å². The number of benzene rings is 1. The number of hydrogen-bond donors (Lipinski definition) is 2. The normalized spacial score (nSPS) is 16.2. The molecule has 0 radical (unpaired) electrons. The third-order valence-corrected chi connectivity index (χ3v) is 5.42. The minimum Gasteiger partial charge on any atom is -0.494 e. The van der Waals surface area contributed by atoms with Crippen LogP contribution in [0.1, 0.15) is 37.7 Å². The maximum atomic E-state index is 10.4. The zero-order valence-electron chi connectivity index (χ0n) is 12.2. The Hall–Kier alpha value is -1.55. The van der Waals surface area contributed by atoms with E-state index in [1.807, 2.05) is 31.2 Å². The molecule has 1 aromatic heterocycles. The molecule has 0 spiro atoms. The van der Waals surface area contributed by atoms with Crippen LogP contribution in [0.3, 0.4) is 0 Å². The Kier molecular flexibility index (Phi) is 4.15. The minimum absolute atomic E-state index is 0.0923. The van der Waals surface area contributed by atoms with Crippen molar-refractivity contribution in [2.24, 2.45) is 0 Å². The van der Waals surface area contributed by atoms with Crippen molar-refractivity contribution >= 4 is 11.8 Å². The molecule has 2 N–H and O–H groups in total. The van der Waals surface area contributed by atoms with Gasteiger partial charge in [-0.3, -0.25) is 4.57 Å². The molecular weight excluding hydrogens is 282 g/mol. The highest BCUT2D eigenvalue weighted by Crippen LogP contribution is 2.42. The highest BCUT2D eigenvalue weighted by molar-refractivity contribution is 8.00. The molecule has 3 nitrogen and oxygen atoms in total. The molecule has 3 rings (SSSR count). The number of aryl methyl sites for hydroxylation is 1. The Morgan fingerprint density at radius 3 is 2.38 bits per heavy atom. The largest absolute Gasteiger partial charge is 0.494 e. The summed E-state index contributed by atoms with van der Waals surface area (Å²) in [6.07, 6.45) is 6.24. The van der Waals surface area contributed by atoms with Gasteiger partial charge in [0.15, 0.2) is 5.88 Å². The van der Waals surface area contributed by atoms with Crippen molar-refractivity contribution in [1.29, 1.82) is 0 Å². The molecule has 0 bridgehead atoms. The molecular formula is C17H21NO2S. The topological polar surface area (TPSA) is 45.4 Å². The van der Waals surface area contributed by atoms with Crippen molar-refractivity contribution in [3.05, 3.63) is 35.9 Å². The lowest BCUT2D eigenvalue weighted by Gasteiger charge is -2.20. The fourth-order valence-electron chi connectivity index (χ4n) is 2.86. The first-order valence-corrected chi connectivity index (χ1v) is 8.40. The molecule has 21 heavy (non-hydrogen) atoms. The molecule has 0 amide bonds. The SMILES string of the molecule is Cc1ccc(-n2c(O)cc(SC3CCCCC3)c2O)cc1. The summed E-state index contributed by atoms with van der Waals surface area (Å²) in [6.45, 7) is 2.02. The minimum atomic E-state index is 0.0923. The fraction of sp³-hybridized carbons (Fsp3) is 0.412. The van der Waals surface area contributed by atoms with E-state index in [0.717, 1.165) is 16.1 Å². The van der Waals surface area contributed by atoms with Gasteiger partial charge in [-0.2, -0.15) is 0 Å². The molecule has 1 saturated carbocycles. The van der Waals surface area contributed by atoms with Gasteiger partial charge in [-0.05, 0) is 31.9 Å². The van der Waals surface area contributed by atoms with E-state index < -0.39 is 0 Å². The average Bonchev–Trinajstić information content (AvgIpc) is 2.76. The Morgan fingerprint density at radius 1 is 1.05 bits per heavy atom. The first kappa shape index (κ1) is 14.4. The van der Waals surface area contributed by atoms with E-state index >= 15 is 0 Å². The molecule has 4 heteroatoms. The molecule has 0 aliphatic heterocycles. The van der Waals surface area contributed by atoms with E-state index in [2.05, 4.69) is 0 Å². The lowest BCUT2D eigenvalue weighted by molar-refractivity contribution is 0.398. The standard InChI is InChI=1S/C17H21NO2S/c1-12-7-9-13(10-8-12)18-16(19)11-15(17(18)20)21-14-5-3-2-4-6-14/h7-11,14,19-20H,2-6H2,1H3. The van der Waals surface area contributed by atoms with Gasteiger partial charge in [0.2, 0.25) is 5.88 Å². The predicted octanol–water partition coefficient (Wildman–Crippen LogP) is 4.62. The van der Waals surface area contributed by atoms with Crippen LogP contribution in [0.5, 0.6) is 11.8 Å². The van der Waals surface area contributed by atoms with E-state index in [9.17, 15) is 10.2 Å². The number of rotatable bonds is 3. The van der Waals surface area contributed by atoms with Crippen molar-refractivity contribution in [1.82, 2.24) is 4.57 Å². The summed E-state index contributed by atoms with van der Waals surface area (Å²) in [6, 6.07) is 9.44. The first-order valence-electron chi connectivity index (χ1n) is 7.52. The number of aromatic nitrogens is 1. The molecule has 2 aromatic rings. The molecule has 1 fully saturated rings. The van der Waals surface area contributed by atoms with Gasteiger partial charge in [-0.25, -0.2) is 0 Å². The maximum Gasteiger partial charge on any atom is 0.212 e. The highest BCUT2D eigenvalue weighted by atomic mass is 32.2. The number of thioether (sulfide) groups is 1. The smallest absolute Gasteiger partial charge is 0.212 e. The summed E-state index contributed by atoms with van der Waals surface area (Å²) in [5.74, 6) is 0.238. The average molecular weight is 303 g/mol. The summed E-state index contributed by atoms with van der Waals surface area (Å²) in [5, 5.41) is 21.2. The number of nitrogens with zero attached hydrogens (tertiary/aromatic N) is 1. The second-order valence-corrected chi connectivity index (χ2v) is 7.08. The van der Waals surface area contributed by atoms with Crippen LogP contribution in [-0.4, -0.2) is 20.0 Å². The van der Waals surface area contributed by atoms with Crippen molar-refractivity contribution in [3.63, 3.8) is 0 Å². The van der Waals surface area contributed by atoms with E-state index in [1.165, 1.54) is 36.7 Å². The summed E-state index contributed by atoms with van der Waals surface area (Å²) in [7, 11) is 0. The van der Waals surface area contributed by atoms with Crippen LogP contribution in [-0.2, 0) is 0 Å². The van der Waals surface area contributed by atoms with Gasteiger partial charge in [0.25, 0.3) is 0 Å². The zero-order chi connectivity index (χ0) is 14.8. The second-order valence-electron chi connectivity index (χ2n) is 5.74. The predicted molar refractivity (Wildman–Crippen MR) is 86.6 cm³/mol. The second kappa shape index (κ2) is 6.06. The van der Waals surface area contributed by atoms with Crippen LogP contribution >= 0.6 is 11.8 Å². The van der Waals surface area contributed by atoms with E-state index in [1.54, 1.807) is 17.8 Å².